The first kappa shape index (κ1) is 14.2. The number of nitrogens with one attached hydrogen (secondary N) is 1. The second-order valence-corrected chi connectivity index (χ2v) is 6.38. The van der Waals surface area contributed by atoms with E-state index in [9.17, 15) is 9.59 Å². The molecule has 7 heteroatoms. The molecule has 1 N–H and O–H groups in total. The molecular weight excluding hydrogens is 296 g/mol. The van der Waals surface area contributed by atoms with Crippen molar-refractivity contribution in [1.82, 2.24) is 20.3 Å². The summed E-state index contributed by atoms with van der Waals surface area (Å²) in [4.78, 5) is 24.0. The average molecular weight is 314 g/mol. The Morgan fingerprint density at radius 3 is 2.96 bits per heavy atom. The number of carbonyl (C=O) groups is 1. The maximum atomic E-state index is 12.3. The van der Waals surface area contributed by atoms with Crippen molar-refractivity contribution >= 4 is 5.91 Å². The highest BCUT2D eigenvalue weighted by molar-refractivity contribution is 5.92. The Morgan fingerprint density at radius 2 is 2.17 bits per heavy atom. The number of aryl methyl sites for hydroxylation is 2. The summed E-state index contributed by atoms with van der Waals surface area (Å²) in [6.45, 7) is 0. The fraction of sp³-hybridized carbons (Fsp3) is 0.500. The predicted octanol–water partition coefficient (Wildman–Crippen LogP) is 0.933. The fourth-order valence-electron chi connectivity index (χ4n) is 3.03. The van der Waals surface area contributed by atoms with Crippen LogP contribution < -0.4 is 10.9 Å². The van der Waals surface area contributed by atoms with E-state index in [1.807, 2.05) is 0 Å². The standard InChI is InChI=1S/C16H18N4O3/c1-20-15(21)7-10-6-11(4-5-12(10)18-20)17-16(22)13-8-14(23-19-13)9-2-3-9/h7-9,11H,2-6H2,1H3,(H,17,22)/t11-/m1/s1. The molecular formula is C16H18N4O3. The second kappa shape index (κ2) is 5.33. The summed E-state index contributed by atoms with van der Waals surface area (Å²) < 4.78 is 6.57. The number of hydrogen-bond donors (Lipinski definition) is 1. The van der Waals surface area contributed by atoms with Crippen LogP contribution in [0.1, 0.15) is 52.7 Å². The summed E-state index contributed by atoms with van der Waals surface area (Å²) >= 11 is 0. The van der Waals surface area contributed by atoms with E-state index in [4.69, 9.17) is 4.52 Å². The highest BCUT2D eigenvalue weighted by Crippen LogP contribution is 2.40. The first-order valence-corrected chi connectivity index (χ1v) is 7.94. The van der Waals surface area contributed by atoms with Crippen LogP contribution in [0.25, 0.3) is 0 Å². The van der Waals surface area contributed by atoms with E-state index in [0.717, 1.165) is 42.7 Å². The average Bonchev–Trinajstić information content (AvgIpc) is 3.26. The first-order valence-electron chi connectivity index (χ1n) is 7.94. The highest BCUT2D eigenvalue weighted by Gasteiger charge is 2.29. The van der Waals surface area contributed by atoms with Crippen molar-refractivity contribution in [3.8, 4) is 0 Å². The molecule has 7 nitrogen and oxygen atoms in total. The monoisotopic (exact) mass is 314 g/mol. The third kappa shape index (κ3) is 2.78. The highest BCUT2D eigenvalue weighted by atomic mass is 16.5. The number of carbonyl (C=O) groups excluding carboxylic acids is 1. The molecule has 2 heterocycles. The number of nitrogens with zero attached hydrogens (tertiary/aromatic N) is 3. The van der Waals surface area contributed by atoms with Crippen molar-refractivity contribution in [1.29, 1.82) is 0 Å². The molecule has 1 atom stereocenters. The van der Waals surface area contributed by atoms with Gasteiger partial charge in [0.2, 0.25) is 0 Å². The zero-order valence-electron chi connectivity index (χ0n) is 12.9. The molecule has 2 aromatic heterocycles. The van der Waals surface area contributed by atoms with E-state index in [1.54, 1.807) is 19.2 Å². The van der Waals surface area contributed by atoms with Crippen LogP contribution in [0.2, 0.25) is 0 Å². The van der Waals surface area contributed by atoms with Crippen LogP contribution in [0.5, 0.6) is 0 Å². The van der Waals surface area contributed by atoms with Crippen molar-refractivity contribution in [3.63, 3.8) is 0 Å². The normalized spacial score (nSPS) is 20.1. The Labute approximate surface area is 132 Å². The van der Waals surface area contributed by atoms with Crippen molar-refractivity contribution in [3.05, 3.63) is 45.2 Å². The predicted molar refractivity (Wildman–Crippen MR) is 81.2 cm³/mol. The molecule has 4 rings (SSSR count). The minimum atomic E-state index is -0.217. The molecule has 0 unspecified atom stereocenters. The van der Waals surface area contributed by atoms with Gasteiger partial charge in [0.15, 0.2) is 5.69 Å². The summed E-state index contributed by atoms with van der Waals surface area (Å²) in [6.07, 6.45) is 4.39. The number of fused-ring (bicyclic) bond motifs is 1. The number of hydrogen-bond acceptors (Lipinski definition) is 5. The lowest BCUT2D eigenvalue weighted by molar-refractivity contribution is 0.0924. The van der Waals surface area contributed by atoms with E-state index in [1.165, 1.54) is 4.68 Å². The maximum Gasteiger partial charge on any atom is 0.273 e. The SMILES string of the molecule is Cn1nc2c(cc1=O)C[C@H](NC(=O)c1cc(C3CC3)on1)CC2. The molecule has 0 radical (unpaired) electrons. The van der Waals surface area contributed by atoms with E-state index in [-0.39, 0.29) is 17.5 Å². The summed E-state index contributed by atoms with van der Waals surface area (Å²) in [5.41, 5.74) is 2.07. The van der Waals surface area contributed by atoms with Crippen LogP contribution in [0, 0.1) is 0 Å². The van der Waals surface area contributed by atoms with Gasteiger partial charge >= 0.3 is 0 Å². The Kier molecular flexibility index (Phi) is 3.28. The van der Waals surface area contributed by atoms with Crippen LogP contribution in [0.15, 0.2) is 21.5 Å². The third-order valence-corrected chi connectivity index (χ3v) is 4.53. The van der Waals surface area contributed by atoms with Crippen molar-refractivity contribution in [2.45, 2.75) is 44.1 Å². The first-order chi connectivity index (χ1) is 11.1. The maximum absolute atomic E-state index is 12.3. The smallest absolute Gasteiger partial charge is 0.273 e. The second-order valence-electron chi connectivity index (χ2n) is 6.38. The van der Waals surface area contributed by atoms with Crippen LogP contribution in [0.4, 0.5) is 0 Å². The lowest BCUT2D eigenvalue weighted by Gasteiger charge is -2.24. The number of amides is 1. The van der Waals surface area contributed by atoms with Gasteiger partial charge in [0.25, 0.3) is 11.5 Å². The van der Waals surface area contributed by atoms with Gasteiger partial charge in [-0.25, -0.2) is 4.68 Å². The summed E-state index contributed by atoms with van der Waals surface area (Å²) in [5, 5.41) is 11.1. The van der Waals surface area contributed by atoms with E-state index >= 15 is 0 Å². The Morgan fingerprint density at radius 1 is 1.35 bits per heavy atom. The largest absolute Gasteiger partial charge is 0.360 e. The number of rotatable bonds is 3. The zero-order chi connectivity index (χ0) is 16.0. The Balaban J connectivity index is 1.45. The topological polar surface area (TPSA) is 90.0 Å². The molecule has 23 heavy (non-hydrogen) atoms. The lowest BCUT2D eigenvalue weighted by Crippen LogP contribution is -2.40. The fourth-order valence-corrected chi connectivity index (χ4v) is 3.03. The molecule has 0 saturated heterocycles. The van der Waals surface area contributed by atoms with E-state index in [2.05, 4.69) is 15.6 Å². The zero-order valence-corrected chi connectivity index (χ0v) is 12.9. The minimum absolute atomic E-state index is 0.00928. The van der Waals surface area contributed by atoms with E-state index < -0.39 is 0 Å². The summed E-state index contributed by atoms with van der Waals surface area (Å²) in [5.74, 6) is 1.02. The number of aromatic nitrogens is 3. The van der Waals surface area contributed by atoms with Gasteiger partial charge in [0, 0.05) is 31.1 Å². The van der Waals surface area contributed by atoms with Gasteiger partial charge in [0.1, 0.15) is 5.76 Å². The molecule has 0 aromatic carbocycles. The van der Waals surface area contributed by atoms with Crippen LogP contribution >= 0.6 is 0 Å². The van der Waals surface area contributed by atoms with Crippen molar-refractivity contribution < 1.29 is 9.32 Å². The molecule has 2 aliphatic rings. The molecule has 1 fully saturated rings. The van der Waals surface area contributed by atoms with Gasteiger partial charge in [-0.15, -0.1) is 0 Å². The third-order valence-electron chi connectivity index (χ3n) is 4.53. The van der Waals surface area contributed by atoms with Gasteiger partial charge in [-0.1, -0.05) is 5.16 Å². The Hall–Kier alpha value is -2.44. The van der Waals surface area contributed by atoms with Crippen LogP contribution in [0.3, 0.4) is 0 Å². The van der Waals surface area contributed by atoms with Crippen LogP contribution in [-0.2, 0) is 19.9 Å². The van der Waals surface area contributed by atoms with Gasteiger partial charge in [-0.3, -0.25) is 9.59 Å². The molecule has 0 aliphatic heterocycles. The molecule has 120 valence electrons. The van der Waals surface area contributed by atoms with Gasteiger partial charge in [0.05, 0.1) is 5.69 Å². The van der Waals surface area contributed by atoms with Crippen molar-refractivity contribution in [2.24, 2.45) is 7.05 Å². The van der Waals surface area contributed by atoms with Gasteiger partial charge in [-0.05, 0) is 37.7 Å². The van der Waals surface area contributed by atoms with E-state index in [0.29, 0.717) is 18.0 Å². The minimum Gasteiger partial charge on any atom is -0.360 e. The molecule has 0 spiro atoms. The molecule has 1 saturated carbocycles. The van der Waals surface area contributed by atoms with Crippen LogP contribution in [-0.4, -0.2) is 26.9 Å². The lowest BCUT2D eigenvalue weighted by atomic mass is 9.92. The molecule has 1 amide bonds. The summed E-state index contributed by atoms with van der Waals surface area (Å²) in [7, 11) is 1.65. The summed E-state index contributed by atoms with van der Waals surface area (Å²) in [6, 6.07) is 3.34. The molecule has 2 aliphatic carbocycles. The molecule has 0 bridgehead atoms. The van der Waals surface area contributed by atoms with Gasteiger partial charge < -0.3 is 9.84 Å². The van der Waals surface area contributed by atoms with Crippen molar-refractivity contribution in [2.75, 3.05) is 0 Å². The van der Waals surface area contributed by atoms with Gasteiger partial charge in [-0.2, -0.15) is 5.10 Å². The Bertz CT molecular complexity index is 819. The quantitative estimate of drug-likeness (QED) is 0.910. The molecule has 2 aromatic rings.